The molecule has 2 rings (SSSR count). The first-order valence-corrected chi connectivity index (χ1v) is 8.56. The van der Waals surface area contributed by atoms with Gasteiger partial charge < -0.3 is 5.32 Å². The first-order valence-electron chi connectivity index (χ1n) is 7.80. The van der Waals surface area contributed by atoms with Gasteiger partial charge in [-0.2, -0.15) is 0 Å². The zero-order valence-electron chi connectivity index (χ0n) is 12.5. The molecule has 0 aliphatic heterocycles. The quantitative estimate of drug-likeness (QED) is 0.717. The summed E-state index contributed by atoms with van der Waals surface area (Å²) in [7, 11) is 0. The minimum atomic E-state index is 0.291. The van der Waals surface area contributed by atoms with Crippen LogP contribution in [0.15, 0.2) is 18.2 Å². The summed E-state index contributed by atoms with van der Waals surface area (Å²) >= 11 is 12.9. The summed E-state index contributed by atoms with van der Waals surface area (Å²) in [6.45, 7) is 5.57. The van der Waals surface area contributed by atoms with Gasteiger partial charge in [-0.05, 0) is 49.8 Å². The molecule has 0 aromatic heterocycles. The number of hydrogen-bond acceptors (Lipinski definition) is 1. The highest BCUT2D eigenvalue weighted by molar-refractivity contribution is 6.36. The molecule has 112 valence electrons. The summed E-state index contributed by atoms with van der Waals surface area (Å²) in [6, 6.07) is 6.12. The van der Waals surface area contributed by atoms with E-state index in [1.54, 1.807) is 0 Å². The van der Waals surface area contributed by atoms with Crippen molar-refractivity contribution >= 4 is 23.2 Å². The van der Waals surface area contributed by atoms with Crippen LogP contribution in [0.25, 0.3) is 0 Å². The number of nitrogens with one attached hydrogen (secondary N) is 1. The third kappa shape index (κ3) is 3.90. The Hall–Kier alpha value is -0.240. The number of rotatable bonds is 5. The van der Waals surface area contributed by atoms with Crippen LogP contribution in [0.2, 0.25) is 10.0 Å². The maximum atomic E-state index is 6.43. The molecule has 1 fully saturated rings. The summed E-state index contributed by atoms with van der Waals surface area (Å²) in [5.74, 6) is 1.45. The van der Waals surface area contributed by atoms with Crippen molar-refractivity contribution < 1.29 is 0 Å². The SMILES string of the molecule is CCCNC(c1c(Cl)cccc1Cl)C1CCCC(C)C1. The summed E-state index contributed by atoms with van der Waals surface area (Å²) in [5.41, 5.74) is 1.10. The number of benzene rings is 1. The highest BCUT2D eigenvalue weighted by Crippen LogP contribution is 2.41. The van der Waals surface area contributed by atoms with Crippen molar-refractivity contribution in [1.29, 1.82) is 0 Å². The van der Waals surface area contributed by atoms with Crippen LogP contribution in [-0.4, -0.2) is 6.54 Å². The molecular formula is C17H25Cl2N. The first kappa shape index (κ1) is 16.1. The highest BCUT2D eigenvalue weighted by atomic mass is 35.5. The molecule has 0 heterocycles. The minimum Gasteiger partial charge on any atom is -0.310 e. The second kappa shape index (κ2) is 7.68. The van der Waals surface area contributed by atoms with E-state index in [0.717, 1.165) is 34.5 Å². The van der Waals surface area contributed by atoms with Gasteiger partial charge in [-0.15, -0.1) is 0 Å². The predicted octanol–water partition coefficient (Wildman–Crippen LogP) is 5.86. The van der Waals surface area contributed by atoms with Gasteiger partial charge in [-0.1, -0.05) is 56.0 Å². The van der Waals surface area contributed by atoms with Crippen LogP contribution in [0.5, 0.6) is 0 Å². The molecule has 20 heavy (non-hydrogen) atoms. The molecule has 0 bridgehead atoms. The topological polar surface area (TPSA) is 12.0 Å². The molecule has 1 aromatic rings. The largest absolute Gasteiger partial charge is 0.310 e. The van der Waals surface area contributed by atoms with Crippen molar-refractivity contribution in [2.75, 3.05) is 6.54 Å². The number of hydrogen-bond donors (Lipinski definition) is 1. The third-order valence-electron chi connectivity index (χ3n) is 4.37. The highest BCUT2D eigenvalue weighted by Gasteiger charge is 2.29. The van der Waals surface area contributed by atoms with Crippen molar-refractivity contribution in [2.24, 2.45) is 11.8 Å². The molecule has 1 aliphatic rings. The third-order valence-corrected chi connectivity index (χ3v) is 5.03. The molecule has 1 nitrogen and oxygen atoms in total. The van der Waals surface area contributed by atoms with E-state index in [-0.39, 0.29) is 0 Å². The maximum absolute atomic E-state index is 6.43. The van der Waals surface area contributed by atoms with Gasteiger partial charge >= 0.3 is 0 Å². The Labute approximate surface area is 133 Å². The normalized spacial score (nSPS) is 24.6. The molecule has 0 amide bonds. The monoisotopic (exact) mass is 313 g/mol. The Morgan fingerprint density at radius 1 is 1.25 bits per heavy atom. The summed E-state index contributed by atoms with van der Waals surface area (Å²) in [4.78, 5) is 0. The molecule has 3 heteroatoms. The lowest BCUT2D eigenvalue weighted by atomic mass is 9.76. The van der Waals surface area contributed by atoms with Gasteiger partial charge in [0.2, 0.25) is 0 Å². The second-order valence-electron chi connectivity index (χ2n) is 6.10. The molecule has 1 aliphatic carbocycles. The molecule has 0 radical (unpaired) electrons. The van der Waals surface area contributed by atoms with E-state index in [9.17, 15) is 0 Å². The van der Waals surface area contributed by atoms with E-state index >= 15 is 0 Å². The predicted molar refractivity (Wildman–Crippen MR) is 88.6 cm³/mol. The van der Waals surface area contributed by atoms with Crippen molar-refractivity contribution in [2.45, 2.75) is 52.0 Å². The van der Waals surface area contributed by atoms with E-state index in [2.05, 4.69) is 19.2 Å². The molecule has 0 spiro atoms. The van der Waals surface area contributed by atoms with E-state index in [1.165, 1.54) is 25.7 Å². The average Bonchev–Trinajstić information content (AvgIpc) is 2.42. The summed E-state index contributed by atoms with van der Waals surface area (Å²) in [5, 5.41) is 5.28. The molecular weight excluding hydrogens is 289 g/mol. The molecule has 3 unspecified atom stereocenters. The van der Waals surface area contributed by atoms with E-state index < -0.39 is 0 Å². The maximum Gasteiger partial charge on any atom is 0.0468 e. The van der Waals surface area contributed by atoms with E-state index in [0.29, 0.717) is 12.0 Å². The smallest absolute Gasteiger partial charge is 0.0468 e. The molecule has 0 saturated heterocycles. The van der Waals surface area contributed by atoms with Crippen molar-refractivity contribution in [3.05, 3.63) is 33.8 Å². The van der Waals surface area contributed by atoms with E-state index in [1.807, 2.05) is 18.2 Å². The lowest BCUT2D eigenvalue weighted by molar-refractivity contribution is 0.224. The van der Waals surface area contributed by atoms with E-state index in [4.69, 9.17) is 23.2 Å². The first-order chi connectivity index (χ1) is 9.63. The second-order valence-corrected chi connectivity index (χ2v) is 6.91. The fraction of sp³-hybridized carbons (Fsp3) is 0.647. The van der Waals surface area contributed by atoms with Gasteiger partial charge in [0.25, 0.3) is 0 Å². The standard InChI is InChI=1S/C17H25Cl2N/c1-3-10-20-17(13-7-4-6-12(2)11-13)16-14(18)8-5-9-15(16)19/h5,8-9,12-13,17,20H,3-4,6-7,10-11H2,1-2H3. The Bertz CT molecular complexity index is 413. The van der Waals surface area contributed by atoms with Crippen LogP contribution in [0.4, 0.5) is 0 Å². The van der Waals surface area contributed by atoms with Crippen LogP contribution < -0.4 is 5.32 Å². The summed E-state index contributed by atoms with van der Waals surface area (Å²) in [6.07, 6.45) is 6.34. The molecule has 1 saturated carbocycles. The van der Waals surface area contributed by atoms with Crippen molar-refractivity contribution in [1.82, 2.24) is 5.32 Å². The van der Waals surface area contributed by atoms with Gasteiger partial charge in [0.1, 0.15) is 0 Å². The Balaban J connectivity index is 2.26. The number of halogens is 2. The Morgan fingerprint density at radius 3 is 2.55 bits per heavy atom. The zero-order chi connectivity index (χ0) is 14.5. The van der Waals surface area contributed by atoms with Gasteiger partial charge in [-0.25, -0.2) is 0 Å². The summed E-state index contributed by atoms with van der Waals surface area (Å²) < 4.78 is 0. The fourth-order valence-electron chi connectivity index (χ4n) is 3.40. The van der Waals surface area contributed by atoms with Crippen LogP contribution >= 0.6 is 23.2 Å². The lowest BCUT2D eigenvalue weighted by Crippen LogP contribution is -2.32. The van der Waals surface area contributed by atoms with Gasteiger partial charge in [0.15, 0.2) is 0 Å². The zero-order valence-corrected chi connectivity index (χ0v) is 14.0. The Kier molecular flexibility index (Phi) is 6.20. The van der Waals surface area contributed by atoms with Crippen LogP contribution in [0.3, 0.4) is 0 Å². The van der Waals surface area contributed by atoms with Crippen LogP contribution in [-0.2, 0) is 0 Å². The lowest BCUT2D eigenvalue weighted by Gasteiger charge is -2.35. The van der Waals surface area contributed by atoms with Crippen molar-refractivity contribution in [3.8, 4) is 0 Å². The van der Waals surface area contributed by atoms with Gasteiger partial charge in [0, 0.05) is 21.7 Å². The van der Waals surface area contributed by atoms with Crippen LogP contribution in [0.1, 0.15) is 57.6 Å². The van der Waals surface area contributed by atoms with Gasteiger partial charge in [0.05, 0.1) is 0 Å². The minimum absolute atomic E-state index is 0.291. The van der Waals surface area contributed by atoms with Crippen LogP contribution in [0, 0.1) is 11.8 Å². The molecule has 3 atom stereocenters. The Morgan fingerprint density at radius 2 is 1.95 bits per heavy atom. The fourth-order valence-corrected chi connectivity index (χ4v) is 4.03. The molecule has 1 N–H and O–H groups in total. The molecule has 1 aromatic carbocycles. The average molecular weight is 314 g/mol. The van der Waals surface area contributed by atoms with Gasteiger partial charge in [-0.3, -0.25) is 0 Å². The van der Waals surface area contributed by atoms with Crippen molar-refractivity contribution in [3.63, 3.8) is 0 Å².